The highest BCUT2D eigenvalue weighted by Gasteiger charge is 2.15. The average molecular weight is 449 g/mol. The van der Waals surface area contributed by atoms with Gasteiger partial charge in [-0.25, -0.2) is 19.2 Å². The van der Waals surface area contributed by atoms with Crippen LogP contribution in [0.1, 0.15) is 23.1 Å². The first kappa shape index (κ1) is 21.3. The fourth-order valence-corrected chi connectivity index (χ4v) is 3.59. The third-order valence-corrected chi connectivity index (χ3v) is 5.03. The highest BCUT2D eigenvalue weighted by atomic mass is 32.1. The van der Waals surface area contributed by atoms with E-state index in [1.165, 1.54) is 41.0 Å². The maximum absolute atomic E-state index is 12.9. The summed E-state index contributed by atoms with van der Waals surface area (Å²) in [6.07, 6.45) is 0.0220. The van der Waals surface area contributed by atoms with Crippen molar-refractivity contribution in [3.8, 4) is 0 Å². The number of benzene rings is 1. The van der Waals surface area contributed by atoms with Gasteiger partial charge in [0, 0.05) is 16.4 Å². The predicted octanol–water partition coefficient (Wildman–Crippen LogP) is 3.74. The van der Waals surface area contributed by atoms with Crippen LogP contribution in [0.3, 0.4) is 0 Å². The standard InChI is InChI=1S/C18H16FN5O4S2/c1-2-28-14(25)7-12-8-29-17(21-12)23-15(26)13-9-30-18(22-13)24-16(27)20-11-5-3-10(19)4-6-11/h3-6,8-9H,2,7H2,1H3,(H,21,23,26)(H2,20,22,24,27). The van der Waals surface area contributed by atoms with E-state index in [0.29, 0.717) is 16.5 Å². The van der Waals surface area contributed by atoms with Gasteiger partial charge in [-0.15, -0.1) is 22.7 Å². The molecule has 3 rings (SSSR count). The third kappa shape index (κ3) is 6.06. The molecular formula is C18H16FN5O4S2. The Morgan fingerprint density at radius 3 is 2.43 bits per heavy atom. The Labute approximate surface area is 178 Å². The Morgan fingerprint density at radius 2 is 1.70 bits per heavy atom. The van der Waals surface area contributed by atoms with Crippen LogP contribution in [-0.4, -0.2) is 34.5 Å². The lowest BCUT2D eigenvalue weighted by Gasteiger charge is -2.04. The van der Waals surface area contributed by atoms with Crippen molar-refractivity contribution < 1.29 is 23.5 Å². The fourth-order valence-electron chi connectivity index (χ4n) is 2.19. The van der Waals surface area contributed by atoms with Crippen LogP contribution >= 0.6 is 22.7 Å². The van der Waals surface area contributed by atoms with E-state index in [1.807, 2.05) is 0 Å². The van der Waals surface area contributed by atoms with Crippen LogP contribution in [0.25, 0.3) is 0 Å². The van der Waals surface area contributed by atoms with Gasteiger partial charge < -0.3 is 10.1 Å². The fraction of sp³-hybridized carbons (Fsp3) is 0.167. The van der Waals surface area contributed by atoms with Gasteiger partial charge in [0.2, 0.25) is 0 Å². The van der Waals surface area contributed by atoms with Crippen molar-refractivity contribution >= 4 is 56.5 Å². The predicted molar refractivity (Wildman–Crippen MR) is 112 cm³/mol. The van der Waals surface area contributed by atoms with Crippen LogP contribution in [0.15, 0.2) is 35.0 Å². The molecule has 0 unspecified atom stereocenters. The molecule has 0 bridgehead atoms. The summed E-state index contributed by atoms with van der Waals surface area (Å²) in [5.74, 6) is -1.31. The smallest absolute Gasteiger partial charge is 0.325 e. The molecule has 0 saturated carbocycles. The molecule has 0 aliphatic heterocycles. The minimum absolute atomic E-state index is 0.0220. The number of anilines is 3. The molecule has 0 fully saturated rings. The van der Waals surface area contributed by atoms with E-state index in [-0.39, 0.29) is 23.9 Å². The molecular weight excluding hydrogens is 433 g/mol. The number of hydrogen-bond acceptors (Lipinski definition) is 8. The van der Waals surface area contributed by atoms with Gasteiger partial charge in [0.1, 0.15) is 11.5 Å². The number of esters is 1. The van der Waals surface area contributed by atoms with Gasteiger partial charge in [-0.05, 0) is 31.2 Å². The normalized spacial score (nSPS) is 10.3. The molecule has 156 valence electrons. The zero-order valence-electron chi connectivity index (χ0n) is 15.6. The molecule has 12 heteroatoms. The van der Waals surface area contributed by atoms with Gasteiger partial charge in [-0.3, -0.25) is 20.2 Å². The van der Waals surface area contributed by atoms with E-state index in [9.17, 15) is 18.8 Å². The summed E-state index contributed by atoms with van der Waals surface area (Å²) in [5.41, 5.74) is 0.997. The molecule has 3 aromatic rings. The number of amides is 3. The van der Waals surface area contributed by atoms with Crippen molar-refractivity contribution in [1.29, 1.82) is 0 Å². The number of carbonyl (C=O) groups is 3. The Bertz CT molecular complexity index is 1050. The van der Waals surface area contributed by atoms with Crippen LogP contribution in [0.4, 0.5) is 25.1 Å². The van der Waals surface area contributed by atoms with Gasteiger partial charge in [0.15, 0.2) is 10.3 Å². The number of nitrogens with zero attached hydrogens (tertiary/aromatic N) is 2. The first-order valence-electron chi connectivity index (χ1n) is 8.63. The van der Waals surface area contributed by atoms with E-state index >= 15 is 0 Å². The van der Waals surface area contributed by atoms with E-state index in [4.69, 9.17) is 4.74 Å². The molecule has 3 N–H and O–H groups in total. The zero-order chi connectivity index (χ0) is 21.5. The first-order valence-corrected chi connectivity index (χ1v) is 10.4. The molecule has 30 heavy (non-hydrogen) atoms. The van der Waals surface area contributed by atoms with Gasteiger partial charge in [-0.1, -0.05) is 0 Å². The minimum Gasteiger partial charge on any atom is -0.466 e. The molecule has 9 nitrogen and oxygen atoms in total. The first-order chi connectivity index (χ1) is 14.4. The number of ether oxygens (including phenoxy) is 1. The second-order valence-corrected chi connectivity index (χ2v) is 7.42. The molecule has 0 aliphatic carbocycles. The second-order valence-electron chi connectivity index (χ2n) is 5.70. The number of hydrogen-bond donors (Lipinski definition) is 3. The topological polar surface area (TPSA) is 122 Å². The number of nitrogens with one attached hydrogen (secondary N) is 3. The van der Waals surface area contributed by atoms with Gasteiger partial charge >= 0.3 is 12.0 Å². The summed E-state index contributed by atoms with van der Waals surface area (Å²) >= 11 is 2.24. The Morgan fingerprint density at radius 1 is 1.00 bits per heavy atom. The molecule has 0 saturated heterocycles. The Balaban J connectivity index is 1.53. The summed E-state index contributed by atoms with van der Waals surface area (Å²) in [5, 5.41) is 11.3. The van der Waals surface area contributed by atoms with E-state index in [0.717, 1.165) is 11.3 Å². The summed E-state index contributed by atoms with van der Waals surface area (Å²) in [6, 6.07) is 4.70. The molecule has 0 aliphatic rings. The molecule has 0 radical (unpaired) electrons. The molecule has 3 amide bonds. The SMILES string of the molecule is CCOC(=O)Cc1csc(NC(=O)c2csc(NC(=O)Nc3ccc(F)cc3)n2)n1. The molecule has 1 aromatic carbocycles. The maximum Gasteiger partial charge on any atom is 0.325 e. The zero-order valence-corrected chi connectivity index (χ0v) is 17.2. The highest BCUT2D eigenvalue weighted by molar-refractivity contribution is 7.14. The lowest BCUT2D eigenvalue weighted by molar-refractivity contribution is -0.142. The second kappa shape index (κ2) is 9.89. The molecule has 2 heterocycles. The average Bonchev–Trinajstić information content (AvgIpc) is 3.33. The summed E-state index contributed by atoms with van der Waals surface area (Å²) in [4.78, 5) is 44.0. The van der Waals surface area contributed by atoms with E-state index in [2.05, 4.69) is 25.9 Å². The molecule has 2 aromatic heterocycles. The van der Waals surface area contributed by atoms with Gasteiger partial charge in [0.25, 0.3) is 5.91 Å². The van der Waals surface area contributed by atoms with Crippen molar-refractivity contribution in [3.63, 3.8) is 0 Å². The van der Waals surface area contributed by atoms with Crippen LogP contribution in [0.5, 0.6) is 0 Å². The van der Waals surface area contributed by atoms with Crippen LogP contribution in [0, 0.1) is 5.82 Å². The minimum atomic E-state index is -0.577. The molecule has 0 atom stereocenters. The lowest BCUT2D eigenvalue weighted by atomic mass is 10.3. The largest absolute Gasteiger partial charge is 0.466 e. The molecule has 0 spiro atoms. The summed E-state index contributed by atoms with van der Waals surface area (Å²) in [6.45, 7) is 2.00. The number of aromatic nitrogens is 2. The Kier molecular flexibility index (Phi) is 7.03. The van der Waals surface area contributed by atoms with Crippen molar-refractivity contribution in [1.82, 2.24) is 9.97 Å². The number of urea groups is 1. The van der Waals surface area contributed by atoms with Crippen LogP contribution in [-0.2, 0) is 16.0 Å². The lowest BCUT2D eigenvalue weighted by Crippen LogP contribution is -2.19. The van der Waals surface area contributed by atoms with Crippen molar-refractivity contribution in [2.45, 2.75) is 13.3 Å². The number of carbonyl (C=O) groups excluding carboxylic acids is 3. The van der Waals surface area contributed by atoms with Crippen molar-refractivity contribution in [2.75, 3.05) is 22.6 Å². The number of halogens is 1. The third-order valence-electron chi connectivity index (χ3n) is 3.46. The monoisotopic (exact) mass is 449 g/mol. The quantitative estimate of drug-likeness (QED) is 0.472. The maximum atomic E-state index is 12.9. The Hall–Kier alpha value is -3.38. The van der Waals surface area contributed by atoms with Crippen LogP contribution in [0.2, 0.25) is 0 Å². The van der Waals surface area contributed by atoms with Gasteiger partial charge in [0.05, 0.1) is 18.7 Å². The van der Waals surface area contributed by atoms with Gasteiger partial charge in [-0.2, -0.15) is 0 Å². The van der Waals surface area contributed by atoms with Crippen molar-refractivity contribution in [3.05, 3.63) is 52.2 Å². The number of rotatable bonds is 7. The number of thiazole rings is 2. The van der Waals surface area contributed by atoms with Crippen LogP contribution < -0.4 is 16.0 Å². The summed E-state index contributed by atoms with van der Waals surface area (Å²) in [7, 11) is 0. The van der Waals surface area contributed by atoms with Crippen molar-refractivity contribution in [2.24, 2.45) is 0 Å². The van der Waals surface area contributed by atoms with E-state index < -0.39 is 23.7 Å². The highest BCUT2D eigenvalue weighted by Crippen LogP contribution is 2.20. The van der Waals surface area contributed by atoms with E-state index in [1.54, 1.807) is 12.3 Å². The summed E-state index contributed by atoms with van der Waals surface area (Å²) < 4.78 is 17.8.